The van der Waals surface area contributed by atoms with Gasteiger partial charge in [-0.15, -0.1) is 0 Å². The fraction of sp³-hybridized carbons (Fsp3) is 0.381. The Bertz CT molecular complexity index is 1130. The first-order valence-corrected chi connectivity index (χ1v) is 11.5. The number of amides is 1. The fourth-order valence-electron chi connectivity index (χ4n) is 3.35. The minimum atomic E-state index is -4.93. The van der Waals surface area contributed by atoms with E-state index in [0.29, 0.717) is 0 Å². The predicted octanol–water partition coefficient (Wildman–Crippen LogP) is 3.66. The zero-order valence-corrected chi connectivity index (χ0v) is 18.6. The van der Waals surface area contributed by atoms with Crippen molar-refractivity contribution in [1.29, 1.82) is 0 Å². The monoisotopic (exact) mass is 490 g/mol. The highest BCUT2D eigenvalue weighted by molar-refractivity contribution is 7.89. The molecule has 33 heavy (non-hydrogen) atoms. The highest BCUT2D eigenvalue weighted by atomic mass is 32.2. The summed E-state index contributed by atoms with van der Waals surface area (Å²) in [6.45, 7) is 3.84. The average molecular weight is 490 g/mol. The number of ether oxygens (including phenoxy) is 2. The van der Waals surface area contributed by atoms with E-state index in [-0.39, 0.29) is 43.4 Å². The van der Waals surface area contributed by atoms with E-state index in [4.69, 9.17) is 9.47 Å². The molecule has 3 rings (SSSR count). The van der Waals surface area contributed by atoms with E-state index < -0.39 is 44.4 Å². The molecule has 180 valence electrons. The van der Waals surface area contributed by atoms with Gasteiger partial charge in [-0.2, -0.15) is 17.5 Å². The molecule has 2 aromatic carbocycles. The summed E-state index contributed by atoms with van der Waals surface area (Å²) in [5, 5.41) is 1.76. The van der Waals surface area contributed by atoms with Gasteiger partial charge < -0.3 is 14.8 Å². The number of alkyl halides is 3. The molecule has 0 fully saturated rings. The van der Waals surface area contributed by atoms with Crippen LogP contribution in [0.5, 0.6) is 11.5 Å². The Labute approximate surface area is 188 Å². The van der Waals surface area contributed by atoms with Crippen molar-refractivity contribution in [2.45, 2.75) is 31.0 Å². The largest absolute Gasteiger partial charge is 0.486 e. The first-order valence-electron chi connectivity index (χ1n) is 10.1. The molecule has 1 aliphatic heterocycles. The summed E-state index contributed by atoms with van der Waals surface area (Å²) in [7, 11) is -4.06. The van der Waals surface area contributed by atoms with E-state index in [1.807, 2.05) is 0 Å². The Balaban J connectivity index is 1.95. The van der Waals surface area contributed by atoms with Crippen LogP contribution in [0, 0.1) is 5.82 Å². The minimum Gasteiger partial charge on any atom is -0.486 e. The maximum atomic E-state index is 14.4. The molecule has 1 atom stereocenters. The molecule has 2 aromatic rings. The van der Waals surface area contributed by atoms with Gasteiger partial charge in [0.15, 0.2) is 17.5 Å². The molecule has 0 spiro atoms. The lowest BCUT2D eigenvalue weighted by Gasteiger charge is -2.25. The van der Waals surface area contributed by atoms with Gasteiger partial charge in [0.1, 0.15) is 19.0 Å². The third-order valence-electron chi connectivity index (χ3n) is 5.03. The molecule has 7 nitrogen and oxygen atoms in total. The summed E-state index contributed by atoms with van der Waals surface area (Å²) in [6.07, 6.45) is -4.93. The SMILES string of the molecule is CCN(CC)S(=O)(=O)c1ccc(F)c(C(=O)N[C@@H](c2ccc3c(c2)OCCO3)C(F)(F)F)c1. The van der Waals surface area contributed by atoms with Crippen LogP contribution in [0.3, 0.4) is 0 Å². The van der Waals surface area contributed by atoms with E-state index in [1.165, 1.54) is 6.07 Å². The number of benzene rings is 2. The molecule has 0 saturated carbocycles. The Hall–Kier alpha value is -2.86. The second-order valence-electron chi connectivity index (χ2n) is 7.08. The lowest BCUT2D eigenvalue weighted by Crippen LogP contribution is -2.38. The summed E-state index contributed by atoms with van der Waals surface area (Å²) in [5.74, 6) is -2.23. The minimum absolute atomic E-state index is 0.0840. The van der Waals surface area contributed by atoms with Gasteiger partial charge in [0, 0.05) is 13.1 Å². The van der Waals surface area contributed by atoms with Crippen molar-refractivity contribution in [3.63, 3.8) is 0 Å². The lowest BCUT2D eigenvalue weighted by molar-refractivity contribution is -0.155. The Morgan fingerprint density at radius 1 is 1.06 bits per heavy atom. The summed E-state index contributed by atoms with van der Waals surface area (Å²) >= 11 is 0. The quantitative estimate of drug-likeness (QED) is 0.599. The Morgan fingerprint density at radius 2 is 1.70 bits per heavy atom. The Kier molecular flexibility index (Phi) is 7.17. The molecule has 1 N–H and O–H groups in total. The number of carbonyl (C=O) groups excluding carboxylic acids is 1. The van der Waals surface area contributed by atoms with Crippen LogP contribution in [-0.2, 0) is 10.0 Å². The number of hydrogen-bond acceptors (Lipinski definition) is 5. The highest BCUT2D eigenvalue weighted by Crippen LogP contribution is 2.38. The summed E-state index contributed by atoms with van der Waals surface area (Å²) in [4.78, 5) is 12.3. The molecule has 0 aliphatic carbocycles. The van der Waals surface area contributed by atoms with E-state index in [2.05, 4.69) is 0 Å². The van der Waals surface area contributed by atoms with Gasteiger partial charge in [0.2, 0.25) is 10.0 Å². The van der Waals surface area contributed by atoms with Crippen molar-refractivity contribution in [3.8, 4) is 11.5 Å². The smallest absolute Gasteiger partial charge is 0.412 e. The standard InChI is InChI=1S/C21H22F4N2O5S/c1-3-27(4-2)33(29,30)14-6-7-16(22)15(12-14)20(28)26-19(21(23,24)25)13-5-8-17-18(11-13)32-10-9-31-17/h5-8,11-12,19H,3-4,9-10H2,1-2H3,(H,26,28)/t19-/m0/s1. The molecular formula is C21H22F4N2O5S. The maximum Gasteiger partial charge on any atom is 0.412 e. The number of fused-ring (bicyclic) bond motifs is 1. The van der Waals surface area contributed by atoms with Crippen molar-refractivity contribution in [1.82, 2.24) is 9.62 Å². The van der Waals surface area contributed by atoms with E-state index in [9.17, 15) is 30.8 Å². The number of halogens is 4. The van der Waals surface area contributed by atoms with Crippen LogP contribution in [0.4, 0.5) is 17.6 Å². The van der Waals surface area contributed by atoms with Crippen molar-refractivity contribution in [2.75, 3.05) is 26.3 Å². The van der Waals surface area contributed by atoms with Crippen LogP contribution in [0.25, 0.3) is 0 Å². The normalized spacial score (nSPS) is 14.8. The number of rotatable bonds is 7. The third kappa shape index (κ3) is 5.22. The van der Waals surface area contributed by atoms with Crippen molar-refractivity contribution >= 4 is 15.9 Å². The van der Waals surface area contributed by atoms with Gasteiger partial charge in [-0.25, -0.2) is 12.8 Å². The van der Waals surface area contributed by atoms with Gasteiger partial charge in [-0.05, 0) is 35.9 Å². The van der Waals surface area contributed by atoms with Crippen LogP contribution < -0.4 is 14.8 Å². The topological polar surface area (TPSA) is 84.9 Å². The molecule has 0 unspecified atom stereocenters. The molecule has 1 amide bonds. The molecule has 0 bridgehead atoms. The van der Waals surface area contributed by atoms with Gasteiger partial charge in [0.25, 0.3) is 5.91 Å². The summed E-state index contributed by atoms with van der Waals surface area (Å²) in [6, 6.07) is 3.42. The second-order valence-corrected chi connectivity index (χ2v) is 9.02. The number of nitrogens with zero attached hydrogens (tertiary/aromatic N) is 1. The first kappa shape index (κ1) is 24.8. The molecule has 0 aromatic heterocycles. The van der Waals surface area contributed by atoms with Crippen molar-refractivity contribution < 1.29 is 40.2 Å². The molecule has 12 heteroatoms. The number of sulfonamides is 1. The van der Waals surface area contributed by atoms with Crippen LogP contribution in [-0.4, -0.2) is 51.1 Å². The van der Waals surface area contributed by atoms with Crippen LogP contribution in [0.2, 0.25) is 0 Å². The van der Waals surface area contributed by atoms with Gasteiger partial charge in [-0.1, -0.05) is 19.9 Å². The molecule has 0 radical (unpaired) electrons. The summed E-state index contributed by atoms with van der Waals surface area (Å²) < 4.78 is 92.8. The molecule has 0 saturated heterocycles. The zero-order valence-electron chi connectivity index (χ0n) is 17.8. The van der Waals surface area contributed by atoms with Crippen LogP contribution in [0.15, 0.2) is 41.3 Å². The van der Waals surface area contributed by atoms with E-state index in [0.717, 1.165) is 34.6 Å². The van der Waals surface area contributed by atoms with Crippen LogP contribution >= 0.6 is 0 Å². The fourth-order valence-corrected chi connectivity index (χ4v) is 4.84. The van der Waals surface area contributed by atoms with Gasteiger partial charge in [-0.3, -0.25) is 4.79 Å². The molecule has 1 heterocycles. The van der Waals surface area contributed by atoms with E-state index >= 15 is 0 Å². The number of carbonyl (C=O) groups is 1. The second kappa shape index (κ2) is 9.56. The maximum absolute atomic E-state index is 14.4. The van der Waals surface area contributed by atoms with E-state index in [1.54, 1.807) is 19.2 Å². The van der Waals surface area contributed by atoms with Crippen molar-refractivity contribution in [3.05, 3.63) is 53.3 Å². The van der Waals surface area contributed by atoms with Gasteiger partial charge in [0.05, 0.1) is 10.5 Å². The summed E-state index contributed by atoms with van der Waals surface area (Å²) in [5.41, 5.74) is -1.18. The first-order chi connectivity index (χ1) is 15.5. The lowest BCUT2D eigenvalue weighted by atomic mass is 10.0. The van der Waals surface area contributed by atoms with Crippen LogP contribution in [0.1, 0.15) is 35.8 Å². The molecular weight excluding hydrogens is 468 g/mol. The van der Waals surface area contributed by atoms with Gasteiger partial charge >= 0.3 is 6.18 Å². The van der Waals surface area contributed by atoms with Crippen molar-refractivity contribution in [2.24, 2.45) is 0 Å². The number of nitrogens with one attached hydrogen (secondary N) is 1. The average Bonchev–Trinajstić information content (AvgIpc) is 2.77. The zero-order chi connectivity index (χ0) is 24.4. The number of hydrogen-bond donors (Lipinski definition) is 1. The highest BCUT2D eigenvalue weighted by Gasteiger charge is 2.43. The molecule has 1 aliphatic rings. The predicted molar refractivity (Wildman–Crippen MR) is 110 cm³/mol. The Morgan fingerprint density at radius 3 is 2.30 bits per heavy atom. The third-order valence-corrected chi connectivity index (χ3v) is 7.07.